The number of hydrogen-bond acceptors (Lipinski definition) is 2. The second-order valence-corrected chi connectivity index (χ2v) is 5.45. The second kappa shape index (κ2) is 5.22. The number of benzene rings is 3. The molecule has 1 aromatic heterocycles. The number of fused-ring (bicyclic) bond motifs is 3. The highest BCUT2D eigenvalue weighted by molar-refractivity contribution is 6.09. The van der Waals surface area contributed by atoms with Crippen LogP contribution in [0.2, 0.25) is 0 Å². The largest absolute Gasteiger partial charge is 0.309 e. The summed E-state index contributed by atoms with van der Waals surface area (Å²) in [5, 5.41) is 20.5. The topological polar surface area (TPSA) is 52.5 Å². The van der Waals surface area contributed by atoms with Crippen molar-refractivity contribution >= 4 is 21.8 Å². The highest BCUT2D eigenvalue weighted by atomic mass is 19.1. The first-order valence-corrected chi connectivity index (χ1v) is 7.37. The van der Waals surface area contributed by atoms with Gasteiger partial charge in [0.2, 0.25) is 0 Å². The van der Waals surface area contributed by atoms with Gasteiger partial charge in [-0.1, -0.05) is 36.4 Å². The van der Waals surface area contributed by atoms with Gasteiger partial charge in [-0.05, 0) is 24.3 Å². The van der Waals surface area contributed by atoms with E-state index < -0.39 is 5.82 Å². The second-order valence-electron chi connectivity index (χ2n) is 5.45. The van der Waals surface area contributed by atoms with Crippen molar-refractivity contribution in [3.05, 3.63) is 77.6 Å². The van der Waals surface area contributed by atoms with E-state index in [4.69, 9.17) is 0 Å². The van der Waals surface area contributed by atoms with E-state index >= 15 is 0 Å². The molecular formula is C20H10FN3. The van der Waals surface area contributed by atoms with E-state index in [9.17, 15) is 14.9 Å². The lowest BCUT2D eigenvalue weighted by Gasteiger charge is -2.09. The highest BCUT2D eigenvalue weighted by Gasteiger charge is 2.15. The molecule has 3 aromatic carbocycles. The molecule has 0 aliphatic carbocycles. The predicted octanol–water partition coefficient (Wildman–Crippen LogP) is 4.67. The number of halogens is 1. The van der Waals surface area contributed by atoms with Crippen LogP contribution in [0.3, 0.4) is 0 Å². The molecule has 0 aliphatic heterocycles. The fraction of sp³-hybridized carbons (Fsp3) is 0. The Morgan fingerprint density at radius 2 is 1.21 bits per heavy atom. The first kappa shape index (κ1) is 14.0. The fourth-order valence-corrected chi connectivity index (χ4v) is 3.10. The summed E-state index contributed by atoms with van der Waals surface area (Å²) in [6, 6.07) is 22.4. The molecule has 4 heteroatoms. The van der Waals surface area contributed by atoms with E-state index in [-0.39, 0.29) is 11.1 Å². The zero-order chi connectivity index (χ0) is 16.7. The molecule has 0 N–H and O–H groups in total. The summed E-state index contributed by atoms with van der Waals surface area (Å²) in [6.07, 6.45) is 0. The molecule has 0 saturated carbocycles. The van der Waals surface area contributed by atoms with Crippen LogP contribution in [0.25, 0.3) is 27.5 Å². The lowest BCUT2D eigenvalue weighted by atomic mass is 10.1. The van der Waals surface area contributed by atoms with Gasteiger partial charge < -0.3 is 4.57 Å². The first-order valence-electron chi connectivity index (χ1n) is 7.37. The van der Waals surface area contributed by atoms with Gasteiger partial charge in [0.15, 0.2) is 5.82 Å². The molecule has 0 radical (unpaired) electrons. The third kappa shape index (κ3) is 1.87. The summed E-state index contributed by atoms with van der Waals surface area (Å²) < 4.78 is 16.0. The third-order valence-corrected chi connectivity index (χ3v) is 4.14. The Hall–Kier alpha value is -3.63. The molecule has 4 rings (SSSR count). The SMILES string of the molecule is N#Cc1cc(-n2c3ccccc3c3ccccc32)cc(C#N)c1F. The van der Waals surface area contributed by atoms with Crippen LogP contribution in [0.4, 0.5) is 4.39 Å². The number of nitrogens with zero attached hydrogens (tertiary/aromatic N) is 3. The minimum absolute atomic E-state index is 0.133. The van der Waals surface area contributed by atoms with Gasteiger partial charge in [-0.3, -0.25) is 0 Å². The van der Waals surface area contributed by atoms with Crippen LogP contribution in [0.1, 0.15) is 11.1 Å². The Morgan fingerprint density at radius 3 is 1.67 bits per heavy atom. The summed E-state index contributed by atoms with van der Waals surface area (Å²) >= 11 is 0. The standard InChI is InChI=1S/C20H10FN3/c21-20-13(11-22)9-15(10-14(20)12-23)24-18-7-3-1-5-16(18)17-6-2-4-8-19(17)24/h1-10H. The Kier molecular flexibility index (Phi) is 3.05. The molecule has 0 amide bonds. The van der Waals surface area contributed by atoms with E-state index in [0.717, 1.165) is 21.8 Å². The Balaban J connectivity index is 2.18. The number of aromatic nitrogens is 1. The highest BCUT2D eigenvalue weighted by Crippen LogP contribution is 2.32. The van der Waals surface area contributed by atoms with Gasteiger partial charge in [0.1, 0.15) is 12.1 Å². The predicted molar refractivity (Wildman–Crippen MR) is 90.2 cm³/mol. The maximum atomic E-state index is 14.1. The summed E-state index contributed by atoms with van der Waals surface area (Å²) in [6.45, 7) is 0. The molecule has 0 atom stereocenters. The molecule has 0 fully saturated rings. The number of rotatable bonds is 1. The summed E-state index contributed by atoms with van der Waals surface area (Å²) in [7, 11) is 0. The minimum atomic E-state index is -0.774. The van der Waals surface area contributed by atoms with Crippen LogP contribution in [-0.4, -0.2) is 4.57 Å². The molecule has 0 aliphatic rings. The van der Waals surface area contributed by atoms with Gasteiger partial charge in [-0.15, -0.1) is 0 Å². The molecule has 24 heavy (non-hydrogen) atoms. The quantitative estimate of drug-likeness (QED) is 0.513. The van der Waals surface area contributed by atoms with Gasteiger partial charge in [-0.25, -0.2) is 4.39 Å². The Bertz CT molecular complexity index is 1100. The van der Waals surface area contributed by atoms with E-state index in [0.29, 0.717) is 5.69 Å². The van der Waals surface area contributed by atoms with E-state index in [2.05, 4.69) is 0 Å². The first-order chi connectivity index (χ1) is 11.7. The van der Waals surface area contributed by atoms with Crippen LogP contribution in [0.5, 0.6) is 0 Å². The lowest BCUT2D eigenvalue weighted by Crippen LogP contribution is -1.99. The molecule has 112 valence electrons. The maximum Gasteiger partial charge on any atom is 0.158 e. The number of hydrogen-bond donors (Lipinski definition) is 0. The van der Waals surface area contributed by atoms with Crippen LogP contribution in [0, 0.1) is 28.5 Å². The van der Waals surface area contributed by atoms with E-state index in [1.165, 1.54) is 12.1 Å². The van der Waals surface area contributed by atoms with Crippen molar-refractivity contribution in [3.8, 4) is 17.8 Å². The Labute approximate surface area is 137 Å². The van der Waals surface area contributed by atoms with Crippen molar-refractivity contribution in [2.45, 2.75) is 0 Å². The van der Waals surface area contributed by atoms with E-state index in [1.54, 1.807) is 0 Å². The van der Waals surface area contributed by atoms with Crippen LogP contribution >= 0.6 is 0 Å². The maximum absolute atomic E-state index is 14.1. The molecule has 1 heterocycles. The molecule has 0 saturated heterocycles. The van der Waals surface area contributed by atoms with Crippen LogP contribution in [-0.2, 0) is 0 Å². The van der Waals surface area contributed by atoms with Gasteiger partial charge >= 0.3 is 0 Å². The molecule has 4 aromatic rings. The number of para-hydroxylation sites is 2. The molecule has 3 nitrogen and oxygen atoms in total. The van der Waals surface area contributed by atoms with Crippen molar-refractivity contribution in [2.75, 3.05) is 0 Å². The molecule has 0 bridgehead atoms. The lowest BCUT2D eigenvalue weighted by molar-refractivity contribution is 0.619. The van der Waals surface area contributed by atoms with Gasteiger partial charge in [0, 0.05) is 16.5 Å². The van der Waals surface area contributed by atoms with Crippen LogP contribution in [0.15, 0.2) is 60.7 Å². The summed E-state index contributed by atoms with van der Waals surface area (Å²) in [5.74, 6) is -0.774. The average molecular weight is 311 g/mol. The average Bonchev–Trinajstić information content (AvgIpc) is 2.97. The third-order valence-electron chi connectivity index (χ3n) is 4.14. The Morgan fingerprint density at radius 1 is 0.750 bits per heavy atom. The van der Waals surface area contributed by atoms with Gasteiger partial charge in [0.05, 0.1) is 22.2 Å². The summed E-state index contributed by atoms with van der Waals surface area (Å²) in [5.41, 5.74) is 2.22. The van der Waals surface area contributed by atoms with Crippen molar-refractivity contribution in [2.24, 2.45) is 0 Å². The van der Waals surface area contributed by atoms with Crippen molar-refractivity contribution in [1.29, 1.82) is 10.5 Å². The summed E-state index contributed by atoms with van der Waals surface area (Å²) in [4.78, 5) is 0. The molecular weight excluding hydrogens is 301 g/mol. The molecule has 0 spiro atoms. The smallest absolute Gasteiger partial charge is 0.158 e. The van der Waals surface area contributed by atoms with Crippen molar-refractivity contribution in [3.63, 3.8) is 0 Å². The normalized spacial score (nSPS) is 10.6. The zero-order valence-electron chi connectivity index (χ0n) is 12.5. The monoisotopic (exact) mass is 311 g/mol. The fourth-order valence-electron chi connectivity index (χ4n) is 3.10. The van der Waals surface area contributed by atoms with Crippen LogP contribution < -0.4 is 0 Å². The van der Waals surface area contributed by atoms with Gasteiger partial charge in [-0.2, -0.15) is 10.5 Å². The molecule has 0 unspecified atom stereocenters. The number of nitriles is 2. The van der Waals surface area contributed by atoms with Crippen molar-refractivity contribution in [1.82, 2.24) is 4.57 Å². The minimum Gasteiger partial charge on any atom is -0.309 e. The van der Waals surface area contributed by atoms with E-state index in [1.807, 2.05) is 65.2 Å². The zero-order valence-corrected chi connectivity index (χ0v) is 12.5. The van der Waals surface area contributed by atoms with Crippen molar-refractivity contribution < 1.29 is 4.39 Å². The van der Waals surface area contributed by atoms with Gasteiger partial charge in [0.25, 0.3) is 0 Å².